The lowest BCUT2D eigenvalue weighted by atomic mass is 9.98. The zero-order valence-corrected chi connectivity index (χ0v) is 19.3. The fourth-order valence-electron chi connectivity index (χ4n) is 4.86. The molecule has 0 saturated carbocycles. The minimum atomic E-state index is -1.14. The highest BCUT2D eigenvalue weighted by Crippen LogP contribution is 2.44. The van der Waals surface area contributed by atoms with Crippen LogP contribution in [0.15, 0.2) is 48.5 Å². The maximum Gasteiger partial charge on any atom is 0.407 e. The third kappa shape index (κ3) is 4.77. The number of hydrogen-bond donors (Lipinski definition) is 2. The minimum absolute atomic E-state index is 0.00230. The van der Waals surface area contributed by atoms with Crippen LogP contribution in [0.1, 0.15) is 43.2 Å². The number of nitrogens with zero attached hydrogens (tertiary/aromatic N) is 1. The van der Waals surface area contributed by atoms with E-state index in [0.717, 1.165) is 11.1 Å². The summed E-state index contributed by atoms with van der Waals surface area (Å²) in [6.07, 6.45) is 0.725. The SMILES string of the molecule is CC1(C(=O)O)CCCN1C(=O)CCOCCNC(=O)OCC1c2ccccc2-c2ccccc21. The largest absolute Gasteiger partial charge is 0.480 e. The number of benzene rings is 2. The first-order valence-corrected chi connectivity index (χ1v) is 11.6. The van der Waals surface area contributed by atoms with Gasteiger partial charge in [-0.05, 0) is 42.0 Å². The number of nitrogens with one attached hydrogen (secondary N) is 1. The summed E-state index contributed by atoms with van der Waals surface area (Å²) in [5, 5.41) is 12.1. The van der Waals surface area contributed by atoms with Crippen LogP contribution in [-0.2, 0) is 19.1 Å². The fraction of sp³-hybridized carbons (Fsp3) is 0.423. The van der Waals surface area contributed by atoms with Crippen LogP contribution in [-0.4, -0.2) is 66.4 Å². The number of likely N-dealkylation sites (tertiary alicyclic amines) is 1. The molecule has 0 spiro atoms. The number of fused-ring (bicyclic) bond motifs is 3. The van der Waals surface area contributed by atoms with Crippen LogP contribution in [0.25, 0.3) is 11.1 Å². The molecular weight excluding hydrogens is 436 g/mol. The third-order valence-corrected chi connectivity index (χ3v) is 6.72. The molecule has 0 bridgehead atoms. The van der Waals surface area contributed by atoms with Crippen LogP contribution >= 0.6 is 0 Å². The molecule has 8 heteroatoms. The Kier molecular flexibility index (Phi) is 7.17. The van der Waals surface area contributed by atoms with E-state index in [9.17, 15) is 19.5 Å². The van der Waals surface area contributed by atoms with Crippen LogP contribution in [0.5, 0.6) is 0 Å². The van der Waals surface area contributed by atoms with Gasteiger partial charge in [-0.15, -0.1) is 0 Å². The summed E-state index contributed by atoms with van der Waals surface area (Å²) < 4.78 is 10.9. The number of amides is 2. The molecule has 2 amide bonds. The van der Waals surface area contributed by atoms with Crippen LogP contribution in [0.3, 0.4) is 0 Å². The lowest BCUT2D eigenvalue weighted by Gasteiger charge is -2.31. The number of hydrogen-bond acceptors (Lipinski definition) is 5. The van der Waals surface area contributed by atoms with Crippen molar-refractivity contribution in [2.24, 2.45) is 0 Å². The van der Waals surface area contributed by atoms with E-state index in [1.165, 1.54) is 16.0 Å². The summed E-state index contributed by atoms with van der Waals surface area (Å²) in [6.45, 7) is 2.92. The van der Waals surface area contributed by atoms with Gasteiger partial charge in [0.25, 0.3) is 0 Å². The topological polar surface area (TPSA) is 105 Å². The predicted octanol–water partition coefficient (Wildman–Crippen LogP) is 3.40. The zero-order chi connectivity index (χ0) is 24.1. The Hall–Kier alpha value is -3.39. The van der Waals surface area contributed by atoms with Gasteiger partial charge in [0.05, 0.1) is 19.6 Å². The molecule has 34 heavy (non-hydrogen) atoms. The van der Waals surface area contributed by atoms with Gasteiger partial charge in [-0.1, -0.05) is 48.5 Å². The number of carbonyl (C=O) groups excluding carboxylic acids is 2. The Morgan fingerprint density at radius 1 is 1.06 bits per heavy atom. The summed E-state index contributed by atoms with van der Waals surface area (Å²) in [5.74, 6) is -1.21. The highest BCUT2D eigenvalue weighted by atomic mass is 16.5. The average Bonchev–Trinajstić information content (AvgIpc) is 3.39. The van der Waals surface area contributed by atoms with Crippen molar-refractivity contribution < 1.29 is 29.0 Å². The van der Waals surface area contributed by atoms with Crippen molar-refractivity contribution in [2.75, 3.05) is 32.9 Å². The summed E-state index contributed by atoms with van der Waals surface area (Å²) in [5.41, 5.74) is 3.52. The smallest absolute Gasteiger partial charge is 0.407 e. The van der Waals surface area contributed by atoms with E-state index in [0.29, 0.717) is 19.4 Å². The first-order chi connectivity index (χ1) is 16.4. The van der Waals surface area contributed by atoms with Gasteiger partial charge in [0, 0.05) is 19.0 Å². The molecule has 1 fully saturated rings. The van der Waals surface area contributed by atoms with Crippen LogP contribution in [0.2, 0.25) is 0 Å². The van der Waals surface area contributed by atoms with Crippen molar-refractivity contribution in [1.82, 2.24) is 10.2 Å². The average molecular weight is 467 g/mol. The lowest BCUT2D eigenvalue weighted by molar-refractivity contribution is -0.155. The molecule has 1 heterocycles. The van der Waals surface area contributed by atoms with Crippen molar-refractivity contribution >= 4 is 18.0 Å². The molecule has 0 radical (unpaired) electrons. The zero-order valence-electron chi connectivity index (χ0n) is 19.3. The molecule has 1 aliphatic heterocycles. The number of aliphatic carboxylic acids is 1. The fourth-order valence-corrected chi connectivity index (χ4v) is 4.86. The summed E-state index contributed by atoms with van der Waals surface area (Å²) in [7, 11) is 0. The normalized spacial score (nSPS) is 18.9. The predicted molar refractivity (Wildman–Crippen MR) is 125 cm³/mol. The summed E-state index contributed by atoms with van der Waals surface area (Å²) in [6, 6.07) is 16.3. The number of ether oxygens (including phenoxy) is 2. The van der Waals surface area contributed by atoms with Gasteiger partial charge in [-0.3, -0.25) is 4.79 Å². The monoisotopic (exact) mass is 466 g/mol. The van der Waals surface area contributed by atoms with Gasteiger partial charge >= 0.3 is 12.1 Å². The van der Waals surface area contributed by atoms with Crippen LogP contribution in [0.4, 0.5) is 4.79 Å². The van der Waals surface area contributed by atoms with Gasteiger partial charge in [0.1, 0.15) is 12.1 Å². The minimum Gasteiger partial charge on any atom is -0.480 e. The molecule has 2 aromatic rings. The first kappa shape index (κ1) is 23.8. The number of rotatable bonds is 9. The van der Waals surface area contributed by atoms with Crippen molar-refractivity contribution in [1.29, 1.82) is 0 Å². The van der Waals surface area contributed by atoms with Crippen LogP contribution < -0.4 is 5.32 Å². The molecule has 180 valence electrons. The molecule has 0 aromatic heterocycles. The highest BCUT2D eigenvalue weighted by molar-refractivity contribution is 5.87. The molecule has 2 aromatic carbocycles. The number of carboxylic acids is 1. The summed E-state index contributed by atoms with van der Waals surface area (Å²) >= 11 is 0. The molecule has 2 aliphatic rings. The van der Waals surface area contributed by atoms with E-state index in [2.05, 4.69) is 29.6 Å². The Balaban J connectivity index is 1.16. The van der Waals surface area contributed by atoms with Crippen LogP contribution in [0, 0.1) is 0 Å². The summed E-state index contributed by atoms with van der Waals surface area (Å²) in [4.78, 5) is 37.5. The van der Waals surface area contributed by atoms with Gasteiger partial charge in [-0.2, -0.15) is 0 Å². The van der Waals surface area contributed by atoms with E-state index in [4.69, 9.17) is 9.47 Å². The molecule has 1 aliphatic carbocycles. The maximum absolute atomic E-state index is 12.4. The Labute approximate surface area is 198 Å². The second-order valence-electron chi connectivity index (χ2n) is 8.84. The van der Waals surface area contributed by atoms with Crippen molar-refractivity contribution in [2.45, 2.75) is 37.6 Å². The quantitative estimate of drug-likeness (QED) is 0.549. The lowest BCUT2D eigenvalue weighted by Crippen LogP contribution is -2.51. The van der Waals surface area contributed by atoms with E-state index in [1.54, 1.807) is 6.92 Å². The first-order valence-electron chi connectivity index (χ1n) is 11.6. The molecular formula is C26H30N2O6. The van der Waals surface area contributed by atoms with Gasteiger partial charge < -0.3 is 24.8 Å². The molecule has 1 unspecified atom stereocenters. The van der Waals surface area contributed by atoms with Crippen molar-refractivity contribution in [3.63, 3.8) is 0 Å². The van der Waals surface area contributed by atoms with Gasteiger partial charge in [0.15, 0.2) is 0 Å². The standard InChI is InChI=1S/C26H30N2O6/c1-26(24(30)31)12-6-14-28(26)23(29)11-15-33-16-13-27-25(32)34-17-22-20-9-4-2-7-18(20)19-8-3-5-10-21(19)22/h2-5,7-10,22H,6,11-17H2,1H3,(H,27,32)(H,30,31). The molecule has 2 N–H and O–H groups in total. The maximum atomic E-state index is 12.4. The van der Waals surface area contributed by atoms with E-state index in [1.807, 2.05) is 24.3 Å². The van der Waals surface area contributed by atoms with Gasteiger partial charge in [-0.25, -0.2) is 9.59 Å². The van der Waals surface area contributed by atoms with Crippen molar-refractivity contribution in [3.8, 4) is 11.1 Å². The Morgan fingerprint density at radius 2 is 1.71 bits per heavy atom. The molecule has 8 nitrogen and oxygen atoms in total. The van der Waals surface area contributed by atoms with Crippen molar-refractivity contribution in [3.05, 3.63) is 59.7 Å². The Morgan fingerprint density at radius 3 is 2.35 bits per heavy atom. The molecule has 1 saturated heterocycles. The van der Waals surface area contributed by atoms with E-state index < -0.39 is 17.6 Å². The van der Waals surface area contributed by atoms with Gasteiger partial charge in [0.2, 0.25) is 5.91 Å². The van der Waals surface area contributed by atoms with E-state index >= 15 is 0 Å². The molecule has 1 atom stereocenters. The third-order valence-electron chi connectivity index (χ3n) is 6.72. The number of carboxylic acid groups (broad SMARTS) is 1. The number of alkyl carbamates (subject to hydrolysis) is 1. The Bertz CT molecular complexity index is 1030. The molecule has 4 rings (SSSR count). The second-order valence-corrected chi connectivity index (χ2v) is 8.84. The second kappa shape index (κ2) is 10.3. The number of carbonyl (C=O) groups is 3. The van der Waals surface area contributed by atoms with E-state index in [-0.39, 0.29) is 44.6 Å². The highest BCUT2D eigenvalue weighted by Gasteiger charge is 2.45.